The van der Waals surface area contributed by atoms with Gasteiger partial charge in [0.25, 0.3) is 0 Å². The van der Waals surface area contributed by atoms with Gasteiger partial charge in [0.2, 0.25) is 11.8 Å². The Bertz CT molecular complexity index is 650. The van der Waals surface area contributed by atoms with Crippen molar-refractivity contribution in [3.63, 3.8) is 0 Å². The molecule has 0 saturated heterocycles. The highest BCUT2D eigenvalue weighted by Crippen LogP contribution is 2.17. The van der Waals surface area contributed by atoms with Crippen LogP contribution in [0.2, 0.25) is 0 Å². The normalized spacial score (nSPS) is 11.2. The van der Waals surface area contributed by atoms with Crippen molar-refractivity contribution < 1.29 is 14.4 Å². The summed E-state index contributed by atoms with van der Waals surface area (Å²) >= 11 is 0. The zero-order valence-electron chi connectivity index (χ0n) is 15.8. The van der Waals surface area contributed by atoms with Crippen LogP contribution in [0.25, 0.3) is 0 Å². The second kappa shape index (κ2) is 8.62. The molecule has 25 heavy (non-hydrogen) atoms. The van der Waals surface area contributed by atoms with Crippen LogP contribution in [-0.2, 0) is 9.59 Å². The fourth-order valence-electron chi connectivity index (χ4n) is 2.16. The van der Waals surface area contributed by atoms with Crippen molar-refractivity contribution in [1.82, 2.24) is 15.5 Å². The summed E-state index contributed by atoms with van der Waals surface area (Å²) in [5.74, 6) is -0.688. The van der Waals surface area contributed by atoms with Crippen molar-refractivity contribution >= 4 is 23.5 Å². The highest BCUT2D eigenvalue weighted by molar-refractivity contribution is 5.96. The lowest BCUT2D eigenvalue weighted by Gasteiger charge is -2.21. The molecule has 3 N–H and O–H groups in total. The monoisotopic (exact) mass is 348 g/mol. The van der Waals surface area contributed by atoms with E-state index in [4.69, 9.17) is 0 Å². The van der Waals surface area contributed by atoms with Gasteiger partial charge >= 0.3 is 6.03 Å². The third-order valence-electron chi connectivity index (χ3n) is 3.45. The van der Waals surface area contributed by atoms with E-state index in [1.54, 1.807) is 11.9 Å². The molecule has 0 aliphatic carbocycles. The van der Waals surface area contributed by atoms with E-state index >= 15 is 0 Å². The maximum absolute atomic E-state index is 12.1. The first-order valence-corrected chi connectivity index (χ1v) is 8.14. The first-order chi connectivity index (χ1) is 11.5. The molecule has 1 rings (SSSR count). The average molecular weight is 348 g/mol. The lowest BCUT2D eigenvalue weighted by Crippen LogP contribution is -2.50. The number of amides is 4. The standard InChI is InChI=1S/C18H28N4O3/c1-12-8-7-9-14(13(12)2)19-15(23)10-22(6)11-16(24)20-17(25)21-18(3,4)5/h7-9H,10-11H2,1-6H3,(H,19,23)(H2,20,21,24,25). The van der Waals surface area contributed by atoms with Gasteiger partial charge in [-0.25, -0.2) is 4.79 Å². The fourth-order valence-corrected chi connectivity index (χ4v) is 2.16. The quantitative estimate of drug-likeness (QED) is 0.757. The Morgan fingerprint density at radius 3 is 2.24 bits per heavy atom. The average Bonchev–Trinajstić information content (AvgIpc) is 2.40. The number of hydrogen-bond donors (Lipinski definition) is 3. The van der Waals surface area contributed by atoms with Gasteiger partial charge < -0.3 is 10.6 Å². The molecule has 0 spiro atoms. The maximum Gasteiger partial charge on any atom is 0.321 e. The molecule has 0 atom stereocenters. The van der Waals surface area contributed by atoms with E-state index in [9.17, 15) is 14.4 Å². The Labute approximate surface area is 149 Å². The molecule has 1 aromatic rings. The molecule has 0 saturated carbocycles. The number of rotatable bonds is 5. The Morgan fingerprint density at radius 2 is 1.64 bits per heavy atom. The highest BCUT2D eigenvalue weighted by Gasteiger charge is 2.17. The third kappa shape index (κ3) is 7.80. The van der Waals surface area contributed by atoms with Gasteiger partial charge in [-0.15, -0.1) is 0 Å². The first kappa shape index (κ1) is 20.6. The van der Waals surface area contributed by atoms with Crippen molar-refractivity contribution in [1.29, 1.82) is 0 Å². The zero-order valence-corrected chi connectivity index (χ0v) is 15.8. The second-order valence-corrected chi connectivity index (χ2v) is 7.22. The second-order valence-electron chi connectivity index (χ2n) is 7.22. The molecule has 7 nitrogen and oxygen atoms in total. The van der Waals surface area contributed by atoms with Gasteiger partial charge in [-0.1, -0.05) is 12.1 Å². The fraction of sp³-hybridized carbons (Fsp3) is 0.500. The van der Waals surface area contributed by atoms with Crippen molar-refractivity contribution in [2.24, 2.45) is 0 Å². The lowest BCUT2D eigenvalue weighted by molar-refractivity contribution is -0.122. The van der Waals surface area contributed by atoms with Crippen LogP contribution < -0.4 is 16.0 Å². The molecule has 1 aromatic carbocycles. The van der Waals surface area contributed by atoms with E-state index in [-0.39, 0.29) is 19.0 Å². The zero-order chi connectivity index (χ0) is 19.2. The molecule has 0 heterocycles. The molecular weight excluding hydrogens is 320 g/mol. The first-order valence-electron chi connectivity index (χ1n) is 8.14. The number of hydrogen-bond acceptors (Lipinski definition) is 4. The number of urea groups is 1. The van der Waals surface area contributed by atoms with E-state index in [1.165, 1.54) is 0 Å². The molecule has 0 aliphatic heterocycles. The predicted molar refractivity (Wildman–Crippen MR) is 98.5 cm³/mol. The number of anilines is 1. The molecule has 0 radical (unpaired) electrons. The topological polar surface area (TPSA) is 90.5 Å². The smallest absolute Gasteiger partial charge is 0.321 e. The van der Waals surface area contributed by atoms with Crippen LogP contribution in [0, 0.1) is 13.8 Å². The van der Waals surface area contributed by atoms with Gasteiger partial charge in [0.05, 0.1) is 13.1 Å². The van der Waals surface area contributed by atoms with Crippen LogP contribution in [0.3, 0.4) is 0 Å². The molecule has 7 heteroatoms. The van der Waals surface area contributed by atoms with Gasteiger partial charge in [-0.3, -0.25) is 19.8 Å². The van der Waals surface area contributed by atoms with Gasteiger partial charge in [0.1, 0.15) is 0 Å². The number of carbonyl (C=O) groups is 3. The van der Waals surface area contributed by atoms with Crippen molar-refractivity contribution in [2.45, 2.75) is 40.2 Å². The minimum Gasteiger partial charge on any atom is -0.333 e. The Morgan fingerprint density at radius 1 is 1.04 bits per heavy atom. The van der Waals surface area contributed by atoms with E-state index in [0.29, 0.717) is 0 Å². The molecular formula is C18H28N4O3. The van der Waals surface area contributed by atoms with E-state index in [2.05, 4.69) is 16.0 Å². The summed E-state index contributed by atoms with van der Waals surface area (Å²) in [4.78, 5) is 37.1. The van der Waals surface area contributed by atoms with Crippen molar-refractivity contribution in [3.8, 4) is 0 Å². The summed E-state index contributed by atoms with van der Waals surface area (Å²) in [7, 11) is 1.64. The molecule has 0 fully saturated rings. The summed E-state index contributed by atoms with van der Waals surface area (Å²) in [6.07, 6.45) is 0. The van der Waals surface area contributed by atoms with Crippen molar-refractivity contribution in [3.05, 3.63) is 29.3 Å². The van der Waals surface area contributed by atoms with Crippen LogP contribution in [0.1, 0.15) is 31.9 Å². The van der Waals surface area contributed by atoms with Crippen LogP contribution in [0.5, 0.6) is 0 Å². The highest BCUT2D eigenvalue weighted by atomic mass is 16.2. The summed E-state index contributed by atoms with van der Waals surface area (Å²) in [6.45, 7) is 9.36. The Kier molecular flexibility index (Phi) is 7.11. The van der Waals surface area contributed by atoms with Gasteiger partial charge in [-0.2, -0.15) is 0 Å². The van der Waals surface area contributed by atoms with Crippen LogP contribution in [-0.4, -0.2) is 48.4 Å². The minimum absolute atomic E-state index is 0.0433. The molecule has 0 unspecified atom stereocenters. The van der Waals surface area contributed by atoms with Crippen LogP contribution >= 0.6 is 0 Å². The van der Waals surface area contributed by atoms with Gasteiger partial charge in [0, 0.05) is 11.2 Å². The molecule has 0 aliphatic rings. The summed E-state index contributed by atoms with van der Waals surface area (Å²) in [6, 6.07) is 5.14. The van der Waals surface area contributed by atoms with Gasteiger partial charge in [0.15, 0.2) is 0 Å². The number of benzene rings is 1. The van der Waals surface area contributed by atoms with Crippen LogP contribution in [0.4, 0.5) is 10.5 Å². The Hall–Kier alpha value is -2.41. The van der Waals surface area contributed by atoms with E-state index < -0.39 is 17.5 Å². The summed E-state index contributed by atoms with van der Waals surface area (Å²) in [5, 5.41) is 7.72. The van der Waals surface area contributed by atoms with Gasteiger partial charge in [-0.05, 0) is 58.9 Å². The van der Waals surface area contributed by atoms with E-state index in [1.807, 2.05) is 52.8 Å². The summed E-state index contributed by atoms with van der Waals surface area (Å²) < 4.78 is 0. The minimum atomic E-state index is -0.550. The number of aryl methyl sites for hydroxylation is 1. The molecule has 0 aromatic heterocycles. The number of carbonyl (C=O) groups excluding carboxylic acids is 3. The van der Waals surface area contributed by atoms with Crippen molar-refractivity contribution in [2.75, 3.05) is 25.5 Å². The number of imide groups is 1. The molecule has 138 valence electrons. The molecule has 4 amide bonds. The van der Waals surface area contributed by atoms with Crippen LogP contribution in [0.15, 0.2) is 18.2 Å². The Balaban J connectivity index is 2.46. The number of likely N-dealkylation sites (N-methyl/N-ethyl adjacent to an activating group) is 1. The molecule has 0 bridgehead atoms. The maximum atomic E-state index is 12.1. The SMILES string of the molecule is Cc1cccc(NC(=O)CN(C)CC(=O)NC(=O)NC(C)(C)C)c1C. The lowest BCUT2D eigenvalue weighted by atomic mass is 10.1. The van der Waals surface area contributed by atoms with E-state index in [0.717, 1.165) is 16.8 Å². The predicted octanol–water partition coefficient (Wildman–Crippen LogP) is 1.80. The summed E-state index contributed by atoms with van der Waals surface area (Å²) in [5.41, 5.74) is 2.43. The largest absolute Gasteiger partial charge is 0.333 e. The number of nitrogens with zero attached hydrogens (tertiary/aromatic N) is 1. The number of nitrogens with one attached hydrogen (secondary N) is 3. The third-order valence-corrected chi connectivity index (χ3v) is 3.45.